The van der Waals surface area contributed by atoms with Gasteiger partial charge in [-0.2, -0.15) is 0 Å². The van der Waals surface area contributed by atoms with Gasteiger partial charge in [-0.15, -0.1) is 11.3 Å². The third-order valence-electron chi connectivity index (χ3n) is 4.67. The van der Waals surface area contributed by atoms with Crippen molar-refractivity contribution in [2.45, 2.75) is 24.2 Å². The van der Waals surface area contributed by atoms with Crippen molar-refractivity contribution in [1.29, 1.82) is 0 Å². The van der Waals surface area contributed by atoms with Crippen LogP contribution in [0.5, 0.6) is 0 Å². The number of sulfonamides is 1. The summed E-state index contributed by atoms with van der Waals surface area (Å²) in [6.07, 6.45) is 4.64. The molecule has 27 heavy (non-hydrogen) atoms. The Morgan fingerprint density at radius 3 is 2.59 bits per heavy atom. The molecule has 0 spiro atoms. The lowest BCUT2D eigenvalue weighted by molar-refractivity contribution is 0.100. The van der Waals surface area contributed by atoms with E-state index in [0.717, 1.165) is 23.6 Å². The molecule has 4 rings (SSSR count). The molecule has 0 saturated heterocycles. The highest BCUT2D eigenvalue weighted by Gasteiger charge is 2.29. The van der Waals surface area contributed by atoms with E-state index >= 15 is 0 Å². The Labute approximate surface area is 162 Å². The minimum Gasteiger partial charge on any atom is -0.292 e. The van der Waals surface area contributed by atoms with Crippen LogP contribution in [-0.2, 0) is 22.9 Å². The van der Waals surface area contributed by atoms with Crippen LogP contribution in [0.2, 0.25) is 0 Å². The van der Waals surface area contributed by atoms with Crippen molar-refractivity contribution in [3.63, 3.8) is 0 Å². The SMILES string of the molecule is O=C(CN(c1nccs1)S(=O)(=O)c1ccccc1)c1ccc2c(c1)CCC2. The zero-order chi connectivity index (χ0) is 18.9. The Balaban J connectivity index is 1.67. The standard InChI is InChI=1S/C20H18N2O3S2/c23-19(17-10-9-15-5-4-6-16(15)13-17)14-22(20-21-11-12-26-20)27(24,25)18-7-2-1-3-8-18/h1-3,7-13H,4-6,14H2. The molecule has 3 aromatic rings. The van der Waals surface area contributed by atoms with Crippen LogP contribution in [0.25, 0.3) is 0 Å². The number of carbonyl (C=O) groups excluding carboxylic acids is 1. The number of thiazole rings is 1. The molecular weight excluding hydrogens is 380 g/mol. The Bertz CT molecular complexity index is 1060. The first kappa shape index (κ1) is 17.9. The molecular formula is C20H18N2O3S2. The molecule has 1 aliphatic carbocycles. The van der Waals surface area contributed by atoms with Gasteiger partial charge in [0.05, 0.1) is 4.90 Å². The van der Waals surface area contributed by atoms with E-state index < -0.39 is 10.0 Å². The number of aromatic nitrogens is 1. The number of fused-ring (bicyclic) bond motifs is 1. The van der Waals surface area contributed by atoms with Gasteiger partial charge in [0.1, 0.15) is 6.54 Å². The molecule has 1 aliphatic rings. The quantitative estimate of drug-likeness (QED) is 0.594. The molecule has 0 atom stereocenters. The van der Waals surface area contributed by atoms with Gasteiger partial charge in [0.25, 0.3) is 10.0 Å². The first-order valence-electron chi connectivity index (χ1n) is 8.68. The molecule has 0 amide bonds. The lowest BCUT2D eigenvalue weighted by atomic mass is 10.0. The molecule has 0 saturated carbocycles. The number of hydrogen-bond donors (Lipinski definition) is 0. The van der Waals surface area contributed by atoms with E-state index in [4.69, 9.17) is 0 Å². The van der Waals surface area contributed by atoms with Gasteiger partial charge in [0.15, 0.2) is 10.9 Å². The molecule has 1 aromatic heterocycles. The van der Waals surface area contributed by atoms with Crippen molar-refractivity contribution in [1.82, 2.24) is 4.98 Å². The summed E-state index contributed by atoms with van der Waals surface area (Å²) in [5.74, 6) is -0.237. The number of carbonyl (C=O) groups is 1. The van der Waals surface area contributed by atoms with Crippen molar-refractivity contribution in [2.24, 2.45) is 0 Å². The summed E-state index contributed by atoms with van der Waals surface area (Å²) >= 11 is 1.19. The van der Waals surface area contributed by atoms with Gasteiger partial charge in [-0.25, -0.2) is 17.7 Å². The third-order valence-corrected chi connectivity index (χ3v) is 7.33. The largest absolute Gasteiger partial charge is 0.292 e. The van der Waals surface area contributed by atoms with Crippen LogP contribution in [0.15, 0.2) is 65.0 Å². The maximum atomic E-state index is 13.1. The monoisotopic (exact) mass is 398 g/mol. The van der Waals surface area contributed by atoms with Gasteiger partial charge in [0.2, 0.25) is 0 Å². The lowest BCUT2D eigenvalue weighted by Crippen LogP contribution is -2.35. The molecule has 1 heterocycles. The van der Waals surface area contributed by atoms with Crippen LogP contribution < -0.4 is 4.31 Å². The summed E-state index contributed by atoms with van der Waals surface area (Å²) in [6, 6.07) is 13.8. The minimum absolute atomic E-state index is 0.141. The number of nitrogens with zero attached hydrogens (tertiary/aromatic N) is 2. The summed E-state index contributed by atoms with van der Waals surface area (Å²) in [5, 5.41) is 1.98. The smallest absolute Gasteiger partial charge is 0.266 e. The molecule has 7 heteroatoms. The predicted octanol–water partition coefficient (Wildman–Crippen LogP) is 3.71. The normalized spacial score (nSPS) is 13.3. The van der Waals surface area contributed by atoms with Crippen molar-refractivity contribution in [3.05, 3.63) is 76.8 Å². The van der Waals surface area contributed by atoms with E-state index in [1.807, 2.05) is 12.1 Å². The lowest BCUT2D eigenvalue weighted by Gasteiger charge is -2.21. The Morgan fingerprint density at radius 1 is 1.07 bits per heavy atom. The zero-order valence-corrected chi connectivity index (χ0v) is 16.2. The topological polar surface area (TPSA) is 67.3 Å². The van der Waals surface area contributed by atoms with E-state index in [-0.39, 0.29) is 22.4 Å². The van der Waals surface area contributed by atoms with Crippen LogP contribution in [0.3, 0.4) is 0 Å². The van der Waals surface area contributed by atoms with Gasteiger partial charge in [-0.3, -0.25) is 4.79 Å². The minimum atomic E-state index is -3.88. The highest BCUT2D eigenvalue weighted by molar-refractivity contribution is 7.93. The second-order valence-electron chi connectivity index (χ2n) is 6.40. The predicted molar refractivity (Wildman–Crippen MR) is 106 cm³/mol. The maximum Gasteiger partial charge on any atom is 0.266 e. The fraction of sp³-hybridized carbons (Fsp3) is 0.200. The first-order chi connectivity index (χ1) is 13.1. The van der Waals surface area contributed by atoms with Crippen LogP contribution in [0.1, 0.15) is 27.9 Å². The number of aryl methyl sites for hydroxylation is 2. The molecule has 0 radical (unpaired) electrons. The molecule has 2 aromatic carbocycles. The van der Waals surface area contributed by atoms with Crippen LogP contribution in [0, 0.1) is 0 Å². The van der Waals surface area contributed by atoms with Gasteiger partial charge < -0.3 is 0 Å². The van der Waals surface area contributed by atoms with E-state index in [1.54, 1.807) is 29.6 Å². The number of hydrogen-bond acceptors (Lipinski definition) is 5. The van der Waals surface area contributed by atoms with Gasteiger partial charge >= 0.3 is 0 Å². The summed E-state index contributed by atoms with van der Waals surface area (Å²) in [7, 11) is -3.88. The van der Waals surface area contributed by atoms with Crippen LogP contribution in [0.4, 0.5) is 5.13 Å². The van der Waals surface area contributed by atoms with Crippen molar-refractivity contribution < 1.29 is 13.2 Å². The van der Waals surface area contributed by atoms with Gasteiger partial charge in [-0.05, 0) is 48.6 Å². The second kappa shape index (κ2) is 7.25. The molecule has 5 nitrogen and oxygen atoms in total. The molecule has 0 unspecified atom stereocenters. The zero-order valence-electron chi connectivity index (χ0n) is 14.5. The van der Waals surface area contributed by atoms with E-state index in [2.05, 4.69) is 4.98 Å². The van der Waals surface area contributed by atoms with Crippen molar-refractivity contribution >= 4 is 32.3 Å². The fourth-order valence-electron chi connectivity index (χ4n) is 3.28. The Morgan fingerprint density at radius 2 is 1.85 bits per heavy atom. The number of benzene rings is 2. The average Bonchev–Trinajstić information content (AvgIpc) is 3.37. The summed E-state index contributed by atoms with van der Waals surface area (Å²) in [5.41, 5.74) is 3.01. The molecule has 138 valence electrons. The number of Topliss-reactive ketones (excluding diaryl/α,β-unsaturated/α-hetero) is 1. The van der Waals surface area contributed by atoms with E-state index in [1.165, 1.54) is 40.8 Å². The first-order valence-corrected chi connectivity index (χ1v) is 11.0. The van der Waals surface area contributed by atoms with Crippen molar-refractivity contribution in [3.8, 4) is 0 Å². The summed E-state index contributed by atoms with van der Waals surface area (Å²) in [6.45, 7) is -0.274. The summed E-state index contributed by atoms with van der Waals surface area (Å²) in [4.78, 5) is 17.2. The number of ketones is 1. The Kier molecular flexibility index (Phi) is 4.80. The fourth-order valence-corrected chi connectivity index (χ4v) is 5.55. The molecule has 0 aliphatic heterocycles. The van der Waals surface area contributed by atoms with Gasteiger partial charge in [0, 0.05) is 17.1 Å². The van der Waals surface area contributed by atoms with Crippen LogP contribution >= 0.6 is 11.3 Å². The van der Waals surface area contributed by atoms with Crippen molar-refractivity contribution in [2.75, 3.05) is 10.8 Å². The molecule has 0 fully saturated rings. The van der Waals surface area contributed by atoms with E-state index in [0.29, 0.717) is 5.56 Å². The Hall–Kier alpha value is -2.51. The maximum absolute atomic E-state index is 13.1. The highest BCUT2D eigenvalue weighted by Crippen LogP contribution is 2.27. The van der Waals surface area contributed by atoms with Gasteiger partial charge in [-0.1, -0.05) is 30.3 Å². The third kappa shape index (κ3) is 3.52. The van der Waals surface area contributed by atoms with Crippen LogP contribution in [-0.4, -0.2) is 25.7 Å². The number of rotatable bonds is 6. The summed E-state index contributed by atoms with van der Waals surface area (Å²) < 4.78 is 27.4. The van der Waals surface area contributed by atoms with E-state index in [9.17, 15) is 13.2 Å². The average molecular weight is 399 g/mol. The molecule has 0 bridgehead atoms. The molecule has 0 N–H and O–H groups in total. The highest BCUT2D eigenvalue weighted by atomic mass is 32.2. The second-order valence-corrected chi connectivity index (χ2v) is 9.13. The number of anilines is 1.